The number of esters is 1. The Morgan fingerprint density at radius 2 is 2.10 bits per heavy atom. The number of carbonyl (C=O) groups is 1. The molecule has 0 heterocycles. The number of aliphatic hydroxyl groups is 1. The van der Waals surface area contributed by atoms with Gasteiger partial charge < -0.3 is 20.5 Å². The lowest BCUT2D eigenvalue weighted by molar-refractivity contribution is -0.119. The molecule has 21 heavy (non-hydrogen) atoms. The van der Waals surface area contributed by atoms with Crippen LogP contribution in [0.5, 0.6) is 0 Å². The highest BCUT2D eigenvalue weighted by Crippen LogP contribution is 2.28. The molecule has 0 aliphatic carbocycles. The smallest absolute Gasteiger partial charge is 0.405 e. The maximum Gasteiger partial charge on any atom is 0.405 e. The molecule has 0 fully saturated rings. The van der Waals surface area contributed by atoms with Crippen LogP contribution in [-0.2, 0) is 4.74 Å². The van der Waals surface area contributed by atoms with Gasteiger partial charge in [-0.1, -0.05) is 0 Å². The van der Waals surface area contributed by atoms with Crippen LogP contribution in [0.2, 0.25) is 0 Å². The van der Waals surface area contributed by atoms with Crippen molar-refractivity contribution >= 4 is 17.3 Å². The molecule has 3 N–H and O–H groups in total. The number of hydrogen-bond acceptors (Lipinski definition) is 5. The van der Waals surface area contributed by atoms with Gasteiger partial charge in [0, 0.05) is 6.54 Å². The monoisotopic (exact) mass is 306 g/mol. The first-order valence-corrected chi connectivity index (χ1v) is 6.27. The normalized spacial score (nSPS) is 11.3. The number of halogens is 3. The van der Waals surface area contributed by atoms with E-state index in [4.69, 9.17) is 15.6 Å². The van der Waals surface area contributed by atoms with Gasteiger partial charge in [0.15, 0.2) is 0 Å². The van der Waals surface area contributed by atoms with E-state index in [1.54, 1.807) is 6.92 Å². The summed E-state index contributed by atoms with van der Waals surface area (Å²) >= 11 is 0. The number of ether oxygens (including phenoxy) is 1. The molecule has 1 rings (SSSR count). The third kappa shape index (κ3) is 5.14. The van der Waals surface area contributed by atoms with Crippen LogP contribution in [0, 0.1) is 0 Å². The molecule has 1 aromatic carbocycles. The molecule has 0 saturated carbocycles. The molecule has 0 aliphatic rings. The van der Waals surface area contributed by atoms with Crippen molar-refractivity contribution in [3.05, 3.63) is 23.8 Å². The Labute approximate surface area is 120 Å². The molecule has 0 atom stereocenters. The van der Waals surface area contributed by atoms with Crippen LogP contribution in [0.3, 0.4) is 0 Å². The maximum atomic E-state index is 12.5. The fraction of sp³-hybridized carbons (Fsp3) is 0.462. The largest absolute Gasteiger partial charge is 0.462 e. The van der Waals surface area contributed by atoms with Gasteiger partial charge in [0.05, 0.1) is 30.2 Å². The maximum absolute atomic E-state index is 12.5. The van der Waals surface area contributed by atoms with E-state index in [9.17, 15) is 18.0 Å². The number of hydrogen-bond donors (Lipinski definition) is 2. The van der Waals surface area contributed by atoms with Crippen LogP contribution in [-0.4, -0.2) is 43.6 Å². The Bertz CT molecular complexity index is 492. The van der Waals surface area contributed by atoms with E-state index in [0.29, 0.717) is 0 Å². The van der Waals surface area contributed by atoms with Crippen LogP contribution in [0.4, 0.5) is 24.5 Å². The lowest BCUT2D eigenvalue weighted by atomic mass is 10.1. The van der Waals surface area contributed by atoms with E-state index < -0.39 is 25.3 Å². The molecule has 0 spiro atoms. The van der Waals surface area contributed by atoms with Gasteiger partial charge in [0.2, 0.25) is 0 Å². The zero-order chi connectivity index (χ0) is 16.0. The van der Waals surface area contributed by atoms with Crippen molar-refractivity contribution < 1.29 is 27.8 Å². The molecule has 0 radical (unpaired) electrons. The predicted molar refractivity (Wildman–Crippen MR) is 72.2 cm³/mol. The first-order valence-electron chi connectivity index (χ1n) is 6.27. The molecule has 0 bridgehead atoms. The molecule has 0 unspecified atom stereocenters. The SMILES string of the molecule is CCOC(=O)c1ccc(N(CCO)CC(F)(F)F)c(N)c1. The molecule has 0 aromatic heterocycles. The Morgan fingerprint density at radius 3 is 2.57 bits per heavy atom. The van der Waals surface area contributed by atoms with Crippen molar-refractivity contribution in [1.82, 2.24) is 0 Å². The Morgan fingerprint density at radius 1 is 1.43 bits per heavy atom. The number of anilines is 2. The summed E-state index contributed by atoms with van der Waals surface area (Å²) in [4.78, 5) is 12.4. The average molecular weight is 306 g/mol. The van der Waals surface area contributed by atoms with E-state index in [1.807, 2.05) is 0 Å². The summed E-state index contributed by atoms with van der Waals surface area (Å²) in [6, 6.07) is 3.90. The zero-order valence-electron chi connectivity index (χ0n) is 11.5. The summed E-state index contributed by atoms with van der Waals surface area (Å²) in [7, 11) is 0. The van der Waals surface area contributed by atoms with E-state index in [2.05, 4.69) is 0 Å². The summed E-state index contributed by atoms with van der Waals surface area (Å²) in [5, 5.41) is 8.87. The minimum atomic E-state index is -4.43. The van der Waals surface area contributed by atoms with Crippen LogP contribution in [0.1, 0.15) is 17.3 Å². The van der Waals surface area contributed by atoms with Gasteiger partial charge in [-0.3, -0.25) is 0 Å². The molecule has 0 amide bonds. The predicted octanol–water partition coefficient (Wildman–Crippen LogP) is 1.81. The summed E-state index contributed by atoms with van der Waals surface area (Å²) in [6.45, 7) is -0.0821. The minimum absolute atomic E-state index is 0.0123. The number of carbonyl (C=O) groups excluding carboxylic acids is 1. The van der Waals surface area contributed by atoms with Crippen LogP contribution in [0.25, 0.3) is 0 Å². The Kier molecular flexibility index (Phi) is 5.83. The number of rotatable bonds is 6. The third-order valence-electron chi connectivity index (χ3n) is 2.62. The van der Waals surface area contributed by atoms with E-state index in [-0.39, 0.29) is 30.1 Å². The topological polar surface area (TPSA) is 75.8 Å². The number of nitrogens with zero attached hydrogens (tertiary/aromatic N) is 1. The standard InChI is InChI=1S/C13H17F3N2O3/c1-2-21-12(20)9-3-4-11(10(17)7-9)18(5-6-19)8-13(14,15)16/h3-4,7,19H,2,5-6,8,17H2,1H3. The molecular formula is C13H17F3N2O3. The number of aliphatic hydroxyl groups excluding tert-OH is 1. The number of nitrogen functional groups attached to an aromatic ring is 1. The van der Waals surface area contributed by atoms with Gasteiger partial charge in [0.25, 0.3) is 0 Å². The van der Waals surface area contributed by atoms with Crippen molar-refractivity contribution in [3.63, 3.8) is 0 Å². The molecule has 1 aromatic rings. The van der Waals surface area contributed by atoms with Gasteiger partial charge in [-0.2, -0.15) is 13.2 Å². The van der Waals surface area contributed by atoms with Crippen LogP contribution in [0.15, 0.2) is 18.2 Å². The second-order valence-electron chi connectivity index (χ2n) is 4.25. The lowest BCUT2D eigenvalue weighted by Gasteiger charge is -2.26. The van der Waals surface area contributed by atoms with Crippen molar-refractivity contribution in [3.8, 4) is 0 Å². The van der Waals surface area contributed by atoms with Crippen molar-refractivity contribution in [2.75, 3.05) is 36.9 Å². The first-order chi connectivity index (χ1) is 9.78. The number of nitrogens with two attached hydrogens (primary N) is 1. The highest BCUT2D eigenvalue weighted by molar-refractivity contribution is 5.92. The summed E-state index contributed by atoms with van der Waals surface area (Å²) < 4.78 is 42.3. The van der Waals surface area contributed by atoms with Crippen LogP contribution < -0.4 is 10.6 Å². The highest BCUT2D eigenvalue weighted by atomic mass is 19.4. The zero-order valence-corrected chi connectivity index (χ0v) is 11.5. The second-order valence-corrected chi connectivity index (χ2v) is 4.25. The Hall–Kier alpha value is -1.96. The summed E-state index contributed by atoms with van der Waals surface area (Å²) in [5.74, 6) is -0.597. The fourth-order valence-corrected chi connectivity index (χ4v) is 1.81. The quantitative estimate of drug-likeness (QED) is 0.619. The fourth-order valence-electron chi connectivity index (χ4n) is 1.81. The Balaban J connectivity index is 3.02. The van der Waals surface area contributed by atoms with Gasteiger partial charge in [0.1, 0.15) is 6.54 Å². The van der Waals surface area contributed by atoms with Gasteiger partial charge in [-0.05, 0) is 25.1 Å². The van der Waals surface area contributed by atoms with E-state index >= 15 is 0 Å². The second kappa shape index (κ2) is 7.16. The molecule has 8 heteroatoms. The van der Waals surface area contributed by atoms with E-state index in [1.165, 1.54) is 18.2 Å². The molecule has 118 valence electrons. The number of benzene rings is 1. The number of alkyl halides is 3. The summed E-state index contributed by atoms with van der Waals surface area (Å²) in [5.41, 5.74) is 5.99. The molecule has 0 aliphatic heterocycles. The minimum Gasteiger partial charge on any atom is -0.462 e. The van der Waals surface area contributed by atoms with E-state index in [0.717, 1.165) is 4.90 Å². The first kappa shape index (κ1) is 17.1. The lowest BCUT2D eigenvalue weighted by Crippen LogP contribution is -2.36. The van der Waals surface area contributed by atoms with Crippen molar-refractivity contribution in [2.24, 2.45) is 0 Å². The third-order valence-corrected chi connectivity index (χ3v) is 2.62. The van der Waals surface area contributed by atoms with Crippen molar-refractivity contribution in [1.29, 1.82) is 0 Å². The van der Waals surface area contributed by atoms with Crippen molar-refractivity contribution in [2.45, 2.75) is 13.1 Å². The van der Waals surface area contributed by atoms with Gasteiger partial charge >= 0.3 is 12.1 Å². The molecule has 0 saturated heterocycles. The van der Waals surface area contributed by atoms with Crippen LogP contribution >= 0.6 is 0 Å². The average Bonchev–Trinajstić information content (AvgIpc) is 2.37. The summed E-state index contributed by atoms with van der Waals surface area (Å²) in [6.07, 6.45) is -4.43. The highest BCUT2D eigenvalue weighted by Gasteiger charge is 2.31. The van der Waals surface area contributed by atoms with Gasteiger partial charge in [-0.15, -0.1) is 0 Å². The van der Waals surface area contributed by atoms with Gasteiger partial charge in [-0.25, -0.2) is 4.79 Å². The molecule has 5 nitrogen and oxygen atoms in total. The molecular weight excluding hydrogens is 289 g/mol.